The highest BCUT2D eigenvalue weighted by molar-refractivity contribution is 7.89. The molecule has 1 aliphatic heterocycles. The Morgan fingerprint density at radius 3 is 2.44 bits per heavy atom. The van der Waals surface area contributed by atoms with Gasteiger partial charge in [0.15, 0.2) is 0 Å². The number of likely N-dealkylation sites (tertiary alicyclic amines) is 1. The summed E-state index contributed by atoms with van der Waals surface area (Å²) in [6, 6.07) is 15.6. The van der Waals surface area contributed by atoms with Crippen LogP contribution in [-0.4, -0.2) is 40.1 Å². The molecule has 3 rings (SSSR count). The third-order valence-electron chi connectivity index (χ3n) is 5.20. The van der Waals surface area contributed by atoms with Gasteiger partial charge >= 0.3 is 0 Å². The van der Waals surface area contributed by atoms with Crippen LogP contribution in [0.4, 0.5) is 0 Å². The van der Waals surface area contributed by atoms with Gasteiger partial charge in [0.2, 0.25) is 10.0 Å². The Balaban J connectivity index is 1.58. The monoisotopic (exact) mass is 388 g/mol. The Hall–Kier alpha value is -1.89. The predicted molar refractivity (Wildman–Crippen MR) is 108 cm³/mol. The highest BCUT2D eigenvalue weighted by Gasteiger charge is 2.26. The van der Waals surface area contributed by atoms with Crippen molar-refractivity contribution in [3.8, 4) is 5.75 Å². The van der Waals surface area contributed by atoms with Gasteiger partial charge in [-0.25, -0.2) is 13.1 Å². The van der Waals surface area contributed by atoms with E-state index in [2.05, 4.69) is 28.7 Å². The minimum Gasteiger partial charge on any atom is -0.497 e. The summed E-state index contributed by atoms with van der Waals surface area (Å²) in [5.41, 5.74) is 2.39. The average Bonchev–Trinajstić information content (AvgIpc) is 3.16. The lowest BCUT2D eigenvalue weighted by atomic mass is 10.0. The molecule has 1 aliphatic rings. The smallest absolute Gasteiger partial charge is 0.240 e. The number of rotatable bonds is 8. The molecule has 146 valence electrons. The number of ether oxygens (including phenoxy) is 1. The largest absolute Gasteiger partial charge is 0.497 e. The van der Waals surface area contributed by atoms with Crippen molar-refractivity contribution < 1.29 is 13.2 Å². The molecule has 2 aromatic carbocycles. The minimum atomic E-state index is -3.46. The number of nitrogens with zero attached hydrogens (tertiary/aromatic N) is 1. The van der Waals surface area contributed by atoms with E-state index in [-0.39, 0.29) is 0 Å². The number of sulfonamides is 1. The lowest BCUT2D eigenvalue weighted by Crippen LogP contribution is -2.34. The SMILES string of the molecule is CCc1ccc(S(=O)(=O)NCCN2CCCC2c2ccc(OC)cc2)cc1. The molecule has 1 unspecified atom stereocenters. The molecular weight excluding hydrogens is 360 g/mol. The summed E-state index contributed by atoms with van der Waals surface area (Å²) in [6.07, 6.45) is 3.12. The number of benzene rings is 2. The van der Waals surface area contributed by atoms with E-state index in [0.717, 1.165) is 37.1 Å². The van der Waals surface area contributed by atoms with E-state index < -0.39 is 10.0 Å². The predicted octanol–water partition coefficient (Wildman–Crippen LogP) is 3.37. The number of hydrogen-bond acceptors (Lipinski definition) is 4. The fourth-order valence-corrected chi connectivity index (χ4v) is 4.63. The number of methoxy groups -OCH3 is 1. The van der Waals surface area contributed by atoms with Crippen LogP contribution in [0, 0.1) is 0 Å². The molecule has 1 saturated heterocycles. The fourth-order valence-electron chi connectivity index (χ4n) is 3.61. The van der Waals surface area contributed by atoms with Crippen molar-refractivity contribution in [3.05, 3.63) is 59.7 Å². The van der Waals surface area contributed by atoms with Crippen LogP contribution >= 0.6 is 0 Å². The van der Waals surface area contributed by atoms with Crippen LogP contribution in [0.5, 0.6) is 5.75 Å². The summed E-state index contributed by atoms with van der Waals surface area (Å²) in [7, 11) is -1.80. The van der Waals surface area contributed by atoms with Gasteiger partial charge in [0.05, 0.1) is 12.0 Å². The lowest BCUT2D eigenvalue weighted by Gasteiger charge is -2.25. The normalized spacial score (nSPS) is 17.9. The Bertz CT molecular complexity index is 833. The number of aryl methyl sites for hydroxylation is 1. The Labute approximate surface area is 162 Å². The lowest BCUT2D eigenvalue weighted by molar-refractivity contribution is 0.261. The van der Waals surface area contributed by atoms with E-state index in [4.69, 9.17) is 4.74 Å². The van der Waals surface area contributed by atoms with Gasteiger partial charge in [-0.2, -0.15) is 0 Å². The molecule has 0 saturated carbocycles. The third kappa shape index (κ3) is 4.89. The average molecular weight is 389 g/mol. The van der Waals surface area contributed by atoms with Crippen molar-refractivity contribution in [2.24, 2.45) is 0 Å². The molecule has 1 atom stereocenters. The van der Waals surface area contributed by atoms with Crippen LogP contribution in [0.3, 0.4) is 0 Å². The van der Waals surface area contributed by atoms with Crippen LogP contribution in [-0.2, 0) is 16.4 Å². The van der Waals surface area contributed by atoms with Gasteiger partial charge in [-0.05, 0) is 61.2 Å². The maximum absolute atomic E-state index is 12.5. The van der Waals surface area contributed by atoms with E-state index in [0.29, 0.717) is 24.0 Å². The molecule has 0 radical (unpaired) electrons. The molecule has 27 heavy (non-hydrogen) atoms. The summed E-state index contributed by atoms with van der Waals surface area (Å²) in [6.45, 7) is 4.15. The first-order chi connectivity index (χ1) is 13.0. The standard InChI is InChI=1S/C21H28N2O3S/c1-3-17-6-12-20(13-7-17)27(24,25)22-14-16-23-15-4-5-21(23)18-8-10-19(26-2)11-9-18/h6-13,21-22H,3-5,14-16H2,1-2H3. The zero-order valence-corrected chi connectivity index (χ0v) is 16.8. The van der Waals surface area contributed by atoms with Gasteiger partial charge < -0.3 is 4.74 Å². The summed E-state index contributed by atoms with van der Waals surface area (Å²) in [5.74, 6) is 0.852. The second-order valence-corrected chi connectivity index (χ2v) is 8.63. The molecule has 1 heterocycles. The van der Waals surface area contributed by atoms with Gasteiger partial charge in [-0.15, -0.1) is 0 Å². The van der Waals surface area contributed by atoms with E-state index in [1.54, 1.807) is 19.2 Å². The highest BCUT2D eigenvalue weighted by Crippen LogP contribution is 2.32. The van der Waals surface area contributed by atoms with Crippen molar-refractivity contribution in [1.82, 2.24) is 9.62 Å². The summed E-state index contributed by atoms with van der Waals surface area (Å²) >= 11 is 0. The molecule has 2 aromatic rings. The Morgan fingerprint density at radius 2 is 1.81 bits per heavy atom. The summed E-state index contributed by atoms with van der Waals surface area (Å²) in [4.78, 5) is 2.68. The fraction of sp³-hybridized carbons (Fsp3) is 0.429. The van der Waals surface area contributed by atoms with E-state index >= 15 is 0 Å². The van der Waals surface area contributed by atoms with Crippen LogP contribution in [0.25, 0.3) is 0 Å². The van der Waals surface area contributed by atoms with E-state index in [9.17, 15) is 8.42 Å². The summed E-state index contributed by atoms with van der Waals surface area (Å²) in [5, 5.41) is 0. The van der Waals surface area contributed by atoms with Crippen molar-refractivity contribution in [2.75, 3.05) is 26.7 Å². The maximum atomic E-state index is 12.5. The Kier molecular flexibility index (Phi) is 6.52. The van der Waals surface area contributed by atoms with Crippen LogP contribution < -0.4 is 9.46 Å². The Morgan fingerprint density at radius 1 is 1.11 bits per heavy atom. The van der Waals surface area contributed by atoms with Crippen LogP contribution in [0.15, 0.2) is 53.4 Å². The molecule has 0 aromatic heterocycles. The molecule has 0 amide bonds. The molecule has 1 N–H and O–H groups in total. The first kappa shape index (κ1) is 19.9. The topological polar surface area (TPSA) is 58.6 Å². The van der Waals surface area contributed by atoms with Crippen molar-refractivity contribution >= 4 is 10.0 Å². The zero-order chi connectivity index (χ0) is 19.3. The molecule has 5 nitrogen and oxygen atoms in total. The molecule has 6 heteroatoms. The first-order valence-electron chi connectivity index (χ1n) is 9.50. The zero-order valence-electron chi connectivity index (χ0n) is 16.0. The van der Waals surface area contributed by atoms with Gasteiger partial charge in [0.1, 0.15) is 5.75 Å². The summed E-state index contributed by atoms with van der Waals surface area (Å²) < 4.78 is 32.9. The van der Waals surface area contributed by atoms with Crippen LogP contribution in [0.1, 0.15) is 36.9 Å². The van der Waals surface area contributed by atoms with Gasteiger partial charge in [0, 0.05) is 19.1 Å². The number of hydrogen-bond donors (Lipinski definition) is 1. The quantitative estimate of drug-likeness (QED) is 0.753. The highest BCUT2D eigenvalue weighted by atomic mass is 32.2. The van der Waals surface area contributed by atoms with Gasteiger partial charge in [0.25, 0.3) is 0 Å². The van der Waals surface area contributed by atoms with Crippen molar-refractivity contribution in [2.45, 2.75) is 37.1 Å². The van der Waals surface area contributed by atoms with Crippen LogP contribution in [0.2, 0.25) is 0 Å². The maximum Gasteiger partial charge on any atom is 0.240 e. The first-order valence-corrected chi connectivity index (χ1v) is 11.0. The minimum absolute atomic E-state index is 0.327. The third-order valence-corrected chi connectivity index (χ3v) is 6.67. The van der Waals surface area contributed by atoms with Gasteiger partial charge in [-0.3, -0.25) is 4.90 Å². The van der Waals surface area contributed by atoms with Crippen molar-refractivity contribution in [3.63, 3.8) is 0 Å². The second-order valence-electron chi connectivity index (χ2n) is 6.86. The molecule has 1 fully saturated rings. The van der Waals surface area contributed by atoms with Gasteiger partial charge in [-0.1, -0.05) is 31.2 Å². The molecule has 0 bridgehead atoms. The molecule has 0 spiro atoms. The van der Waals surface area contributed by atoms with Crippen molar-refractivity contribution in [1.29, 1.82) is 0 Å². The molecular formula is C21H28N2O3S. The molecule has 0 aliphatic carbocycles. The number of nitrogens with one attached hydrogen (secondary N) is 1. The van der Waals surface area contributed by atoms with E-state index in [1.165, 1.54) is 5.56 Å². The second kappa shape index (κ2) is 8.87. The van der Waals surface area contributed by atoms with E-state index in [1.807, 2.05) is 24.3 Å².